The van der Waals surface area contributed by atoms with Gasteiger partial charge in [0.1, 0.15) is 0 Å². The minimum Gasteiger partial charge on any atom is -0.550 e. The molecular weight excluding hydrogens is 262 g/mol. The molecule has 9 heteroatoms. The molecule has 0 rings (SSSR count). The van der Waals surface area contributed by atoms with Crippen molar-refractivity contribution in [1.82, 2.24) is 4.90 Å². The molecule has 0 aromatic heterocycles. The van der Waals surface area contributed by atoms with Gasteiger partial charge < -0.3 is 30.3 Å². The number of nitrogens with two attached hydrogens (primary N) is 1. The minimum atomic E-state index is -1.18. The van der Waals surface area contributed by atoms with Crippen molar-refractivity contribution < 1.29 is 83.7 Å². The molecule has 0 bridgehead atoms. The monoisotopic (exact) mass is 278 g/mol. The summed E-state index contributed by atoms with van der Waals surface area (Å²) in [5.74, 6) is -2.35. The van der Waals surface area contributed by atoms with Gasteiger partial charge >= 0.3 is 59.1 Å². The van der Waals surface area contributed by atoms with E-state index in [0.717, 1.165) is 0 Å². The number of hydrogen-bond donors (Lipinski definition) is 1. The Morgan fingerprint density at radius 2 is 1.67 bits per heavy atom. The fourth-order valence-corrected chi connectivity index (χ4v) is 1.09. The molecule has 0 spiro atoms. The Balaban J connectivity index is -0.00000112. The first-order valence-electron chi connectivity index (χ1n) is 4.96. The predicted molar refractivity (Wildman–Crippen MR) is 50.9 cm³/mol. The molecule has 94 valence electrons. The summed E-state index contributed by atoms with van der Waals surface area (Å²) in [6.45, 7) is 1.24. The Labute approximate surface area is 151 Å². The molecule has 0 radical (unpaired) electrons. The number of carboxylic acids is 2. The largest absolute Gasteiger partial charge is 1.00 e. The van der Waals surface area contributed by atoms with E-state index in [-0.39, 0.29) is 85.3 Å². The maximum atomic E-state index is 10.3. The SMILES string of the molecule is NCCN(CCOCCC(=O)[O-])CC(=O)[O-].[Na+].[Na+]. The van der Waals surface area contributed by atoms with Crippen LogP contribution >= 0.6 is 0 Å². The summed E-state index contributed by atoms with van der Waals surface area (Å²) >= 11 is 0. The van der Waals surface area contributed by atoms with Gasteiger partial charge in [-0.25, -0.2) is 0 Å². The second-order valence-corrected chi connectivity index (χ2v) is 3.17. The van der Waals surface area contributed by atoms with E-state index >= 15 is 0 Å². The Hall–Kier alpha value is 0.820. The van der Waals surface area contributed by atoms with Crippen LogP contribution in [0.15, 0.2) is 0 Å². The molecule has 0 aromatic rings. The third-order valence-electron chi connectivity index (χ3n) is 1.80. The molecule has 0 aromatic carbocycles. The van der Waals surface area contributed by atoms with Gasteiger partial charge in [-0.3, -0.25) is 4.90 Å². The first-order valence-corrected chi connectivity index (χ1v) is 4.96. The number of aliphatic carboxylic acids is 2. The number of nitrogens with zero attached hydrogens (tertiary/aromatic N) is 1. The third kappa shape index (κ3) is 16.8. The molecule has 0 heterocycles. The molecule has 0 amide bonds. The van der Waals surface area contributed by atoms with Gasteiger partial charge in [0.05, 0.1) is 19.2 Å². The molecule has 0 unspecified atom stereocenters. The van der Waals surface area contributed by atoms with Crippen LogP contribution in [0.1, 0.15) is 6.42 Å². The molecule has 0 saturated carbocycles. The molecular formula is C9H16N2Na2O5. The van der Waals surface area contributed by atoms with Gasteiger partial charge in [-0.15, -0.1) is 0 Å². The standard InChI is InChI=1S/C9H18N2O5.2Na/c10-2-3-11(7-9(14)15)4-6-16-5-1-8(12)13;;/h1-7,10H2,(H,12,13)(H,14,15);;/q;2*+1/p-2. The summed E-state index contributed by atoms with van der Waals surface area (Å²) in [4.78, 5) is 21.9. The van der Waals surface area contributed by atoms with Crippen LogP contribution in [0.25, 0.3) is 0 Å². The predicted octanol–water partition coefficient (Wildman–Crippen LogP) is -9.84. The van der Waals surface area contributed by atoms with Crippen LogP contribution in [0.5, 0.6) is 0 Å². The quantitative estimate of drug-likeness (QED) is 0.311. The second-order valence-electron chi connectivity index (χ2n) is 3.17. The van der Waals surface area contributed by atoms with E-state index in [4.69, 9.17) is 10.5 Å². The van der Waals surface area contributed by atoms with Crippen LogP contribution in [0.3, 0.4) is 0 Å². The maximum Gasteiger partial charge on any atom is 1.00 e. The zero-order valence-electron chi connectivity index (χ0n) is 11.0. The van der Waals surface area contributed by atoms with Crippen LogP contribution in [0, 0.1) is 0 Å². The van der Waals surface area contributed by atoms with Gasteiger partial charge in [0.25, 0.3) is 0 Å². The molecule has 0 atom stereocenters. The van der Waals surface area contributed by atoms with E-state index < -0.39 is 11.9 Å². The third-order valence-corrected chi connectivity index (χ3v) is 1.80. The van der Waals surface area contributed by atoms with Crippen molar-refractivity contribution in [3.63, 3.8) is 0 Å². The van der Waals surface area contributed by atoms with Crippen molar-refractivity contribution in [2.75, 3.05) is 39.4 Å². The Morgan fingerprint density at radius 1 is 1.06 bits per heavy atom. The maximum absolute atomic E-state index is 10.3. The smallest absolute Gasteiger partial charge is 0.550 e. The summed E-state index contributed by atoms with van der Waals surface area (Å²) in [5.41, 5.74) is 5.29. The second kappa shape index (κ2) is 15.9. The van der Waals surface area contributed by atoms with Crippen LogP contribution < -0.4 is 75.1 Å². The summed E-state index contributed by atoms with van der Waals surface area (Å²) in [6.07, 6.45) is -0.169. The van der Waals surface area contributed by atoms with Crippen molar-refractivity contribution >= 4 is 11.9 Å². The first-order chi connectivity index (χ1) is 7.56. The van der Waals surface area contributed by atoms with Crippen LogP contribution in [-0.2, 0) is 14.3 Å². The molecule has 0 fully saturated rings. The number of carbonyl (C=O) groups excluding carboxylic acids is 2. The van der Waals surface area contributed by atoms with E-state index in [0.29, 0.717) is 19.6 Å². The first kappa shape index (κ1) is 23.9. The van der Waals surface area contributed by atoms with Gasteiger partial charge in [0.15, 0.2) is 0 Å². The van der Waals surface area contributed by atoms with Crippen LogP contribution in [0.2, 0.25) is 0 Å². The Morgan fingerprint density at radius 3 is 2.11 bits per heavy atom. The zero-order valence-corrected chi connectivity index (χ0v) is 15.0. The molecule has 0 aliphatic heterocycles. The van der Waals surface area contributed by atoms with E-state index in [9.17, 15) is 19.8 Å². The fraction of sp³-hybridized carbons (Fsp3) is 0.778. The fourth-order valence-electron chi connectivity index (χ4n) is 1.09. The van der Waals surface area contributed by atoms with E-state index in [1.807, 2.05) is 0 Å². The van der Waals surface area contributed by atoms with Gasteiger partial charge in [0, 0.05) is 38.6 Å². The average molecular weight is 278 g/mol. The van der Waals surface area contributed by atoms with Crippen molar-refractivity contribution in [2.24, 2.45) is 5.73 Å². The summed E-state index contributed by atoms with van der Waals surface area (Å²) in [6, 6.07) is 0. The van der Waals surface area contributed by atoms with E-state index in [1.54, 1.807) is 4.90 Å². The molecule has 7 nitrogen and oxygen atoms in total. The molecule has 0 aliphatic carbocycles. The van der Waals surface area contributed by atoms with Crippen molar-refractivity contribution in [2.45, 2.75) is 6.42 Å². The molecule has 0 saturated heterocycles. The molecule has 2 N–H and O–H groups in total. The minimum absolute atomic E-state index is 0. The van der Waals surface area contributed by atoms with Crippen molar-refractivity contribution in [3.05, 3.63) is 0 Å². The number of rotatable bonds is 10. The normalized spacial score (nSPS) is 9.44. The van der Waals surface area contributed by atoms with Gasteiger partial charge in [-0.05, 0) is 0 Å². The zero-order chi connectivity index (χ0) is 12.4. The number of carbonyl (C=O) groups is 2. The average Bonchev–Trinajstić information content (AvgIpc) is 2.16. The summed E-state index contributed by atoms with van der Waals surface area (Å²) in [7, 11) is 0. The summed E-state index contributed by atoms with van der Waals surface area (Å²) < 4.78 is 4.99. The van der Waals surface area contributed by atoms with Crippen LogP contribution in [0.4, 0.5) is 0 Å². The molecule has 18 heavy (non-hydrogen) atoms. The van der Waals surface area contributed by atoms with E-state index in [1.165, 1.54) is 0 Å². The number of hydrogen-bond acceptors (Lipinski definition) is 7. The van der Waals surface area contributed by atoms with Crippen molar-refractivity contribution in [1.29, 1.82) is 0 Å². The Kier molecular flexibility index (Phi) is 21.1. The molecule has 0 aliphatic rings. The van der Waals surface area contributed by atoms with Gasteiger partial charge in [-0.1, -0.05) is 0 Å². The van der Waals surface area contributed by atoms with Gasteiger partial charge in [0.2, 0.25) is 0 Å². The number of ether oxygens (including phenoxy) is 1. The number of carboxylic acid groups (broad SMARTS) is 2. The van der Waals surface area contributed by atoms with E-state index in [2.05, 4.69) is 0 Å². The van der Waals surface area contributed by atoms with Crippen molar-refractivity contribution in [3.8, 4) is 0 Å². The van der Waals surface area contributed by atoms with Crippen LogP contribution in [-0.4, -0.2) is 56.2 Å². The van der Waals surface area contributed by atoms with Gasteiger partial charge in [-0.2, -0.15) is 0 Å². The Bertz CT molecular complexity index is 231. The summed E-state index contributed by atoms with van der Waals surface area (Å²) in [5, 5.41) is 20.4. The topological polar surface area (TPSA) is 119 Å².